The van der Waals surface area contributed by atoms with Crippen molar-refractivity contribution >= 4 is 27.2 Å². The maximum Gasteiger partial charge on any atom is 0.241 e. The molecule has 0 aromatic heterocycles. The van der Waals surface area contributed by atoms with Crippen LogP contribution in [0.3, 0.4) is 0 Å². The fourth-order valence-corrected chi connectivity index (χ4v) is 3.64. The number of rotatable bonds is 6. The summed E-state index contributed by atoms with van der Waals surface area (Å²) in [5.74, 6) is 0. The van der Waals surface area contributed by atoms with Gasteiger partial charge in [-0.3, -0.25) is 0 Å². The second-order valence-corrected chi connectivity index (χ2v) is 6.87. The second kappa shape index (κ2) is 6.45. The van der Waals surface area contributed by atoms with Crippen molar-refractivity contribution in [3.63, 3.8) is 0 Å². The summed E-state index contributed by atoms with van der Waals surface area (Å²) in [6, 6.07) is 5.10. The molecule has 1 aromatic rings. The van der Waals surface area contributed by atoms with Crippen LogP contribution >= 0.6 is 12.2 Å². The Hall–Kier alpha value is -0.980. The molecule has 0 amide bonds. The van der Waals surface area contributed by atoms with Gasteiger partial charge in [0.1, 0.15) is 0 Å². The van der Waals surface area contributed by atoms with E-state index in [9.17, 15) is 8.42 Å². The first-order chi connectivity index (χ1) is 8.76. The van der Waals surface area contributed by atoms with E-state index >= 15 is 0 Å². The number of thiocarbonyl (C=S) groups is 1. The molecule has 6 heteroatoms. The molecule has 19 heavy (non-hydrogen) atoms. The third-order valence-corrected chi connectivity index (χ3v) is 4.72. The van der Waals surface area contributed by atoms with Gasteiger partial charge in [0.05, 0.1) is 9.88 Å². The van der Waals surface area contributed by atoms with E-state index in [0.717, 1.165) is 11.1 Å². The van der Waals surface area contributed by atoms with Crippen molar-refractivity contribution in [1.29, 1.82) is 0 Å². The third kappa shape index (κ3) is 4.56. The molecule has 1 rings (SSSR count). The Bertz CT molecular complexity index is 568. The molecule has 1 unspecified atom stereocenters. The van der Waals surface area contributed by atoms with Crippen molar-refractivity contribution < 1.29 is 8.42 Å². The van der Waals surface area contributed by atoms with Crippen molar-refractivity contribution in [3.05, 3.63) is 29.3 Å². The first-order valence-electron chi connectivity index (χ1n) is 6.14. The Kier molecular flexibility index (Phi) is 5.46. The van der Waals surface area contributed by atoms with Crippen LogP contribution in [0.15, 0.2) is 23.1 Å². The lowest BCUT2D eigenvalue weighted by Crippen LogP contribution is -2.37. The molecule has 0 bridgehead atoms. The lowest BCUT2D eigenvalue weighted by molar-refractivity contribution is 0.546. The highest BCUT2D eigenvalue weighted by Crippen LogP contribution is 2.17. The SMILES string of the molecule is CCC(CC(N)=S)NS(=O)(=O)c1cc(C)ccc1C. The van der Waals surface area contributed by atoms with Gasteiger partial charge in [-0.15, -0.1) is 0 Å². The molecule has 0 heterocycles. The largest absolute Gasteiger partial charge is 0.393 e. The molecule has 0 fully saturated rings. The molecule has 1 aromatic carbocycles. The minimum atomic E-state index is -3.54. The molecule has 0 aliphatic carbocycles. The van der Waals surface area contributed by atoms with E-state index in [1.807, 2.05) is 19.9 Å². The van der Waals surface area contributed by atoms with Crippen molar-refractivity contribution in [2.45, 2.75) is 44.6 Å². The van der Waals surface area contributed by atoms with Gasteiger partial charge < -0.3 is 5.73 Å². The third-order valence-electron chi connectivity index (χ3n) is 2.90. The monoisotopic (exact) mass is 300 g/mol. The molecular weight excluding hydrogens is 280 g/mol. The molecule has 0 spiro atoms. The Balaban J connectivity index is 3.03. The van der Waals surface area contributed by atoms with Crippen LogP contribution in [-0.2, 0) is 10.0 Å². The molecule has 0 saturated carbocycles. The summed E-state index contributed by atoms with van der Waals surface area (Å²) in [7, 11) is -3.54. The van der Waals surface area contributed by atoms with Crippen LogP contribution in [0.25, 0.3) is 0 Å². The zero-order chi connectivity index (χ0) is 14.6. The number of hydrogen-bond donors (Lipinski definition) is 2. The number of aryl methyl sites for hydroxylation is 2. The standard InChI is InChI=1S/C13H20N2O2S2/c1-4-11(8-13(14)18)15-19(16,17)12-7-9(2)5-6-10(12)3/h5-7,11,15H,4,8H2,1-3H3,(H2,14,18). The number of hydrogen-bond acceptors (Lipinski definition) is 3. The smallest absolute Gasteiger partial charge is 0.241 e. The van der Waals surface area contributed by atoms with Gasteiger partial charge in [0, 0.05) is 12.5 Å². The van der Waals surface area contributed by atoms with Crippen molar-refractivity contribution in [2.24, 2.45) is 5.73 Å². The van der Waals surface area contributed by atoms with Crippen molar-refractivity contribution in [2.75, 3.05) is 0 Å². The van der Waals surface area contributed by atoms with Crippen LogP contribution in [0.2, 0.25) is 0 Å². The van der Waals surface area contributed by atoms with Crippen LogP contribution in [0.5, 0.6) is 0 Å². The number of nitrogens with one attached hydrogen (secondary N) is 1. The van der Waals surface area contributed by atoms with Gasteiger partial charge in [-0.25, -0.2) is 13.1 Å². The highest BCUT2D eigenvalue weighted by Gasteiger charge is 2.21. The molecule has 106 valence electrons. The topological polar surface area (TPSA) is 72.2 Å². The molecule has 4 nitrogen and oxygen atoms in total. The van der Waals surface area contributed by atoms with Crippen LogP contribution in [-0.4, -0.2) is 19.4 Å². The van der Waals surface area contributed by atoms with Gasteiger partial charge >= 0.3 is 0 Å². The normalized spacial score (nSPS) is 13.2. The van der Waals surface area contributed by atoms with Gasteiger partial charge in [0.25, 0.3) is 0 Å². The quantitative estimate of drug-likeness (QED) is 0.789. The van der Waals surface area contributed by atoms with Crippen molar-refractivity contribution in [1.82, 2.24) is 4.72 Å². The van der Waals surface area contributed by atoms with E-state index in [1.54, 1.807) is 19.1 Å². The van der Waals surface area contributed by atoms with Crippen LogP contribution in [0, 0.1) is 13.8 Å². The van der Waals surface area contributed by atoms with Gasteiger partial charge in [-0.05, 0) is 37.5 Å². The lowest BCUT2D eigenvalue weighted by atomic mass is 10.2. The summed E-state index contributed by atoms with van der Waals surface area (Å²) in [5, 5.41) is 0. The van der Waals surface area contributed by atoms with Crippen molar-refractivity contribution in [3.8, 4) is 0 Å². The highest BCUT2D eigenvalue weighted by atomic mass is 32.2. The molecule has 0 aliphatic heterocycles. The lowest BCUT2D eigenvalue weighted by Gasteiger charge is -2.17. The molecule has 3 N–H and O–H groups in total. The van der Waals surface area contributed by atoms with Gasteiger partial charge in [-0.1, -0.05) is 31.3 Å². The Morgan fingerprint density at radius 3 is 2.58 bits per heavy atom. The van der Waals surface area contributed by atoms with Gasteiger partial charge in [0.2, 0.25) is 10.0 Å². The number of nitrogens with two attached hydrogens (primary N) is 1. The molecule has 1 atom stereocenters. The summed E-state index contributed by atoms with van der Waals surface area (Å²) < 4.78 is 27.4. The summed E-state index contributed by atoms with van der Waals surface area (Å²) in [4.78, 5) is 0.629. The van der Waals surface area contributed by atoms with Crippen LogP contribution in [0.4, 0.5) is 0 Å². The van der Waals surface area contributed by atoms with E-state index in [0.29, 0.717) is 22.7 Å². The Morgan fingerprint density at radius 1 is 1.42 bits per heavy atom. The van der Waals surface area contributed by atoms with E-state index in [1.165, 1.54) is 0 Å². The van der Waals surface area contributed by atoms with E-state index in [-0.39, 0.29) is 6.04 Å². The second-order valence-electron chi connectivity index (χ2n) is 4.67. The zero-order valence-electron chi connectivity index (χ0n) is 11.4. The van der Waals surface area contributed by atoms with E-state index < -0.39 is 10.0 Å². The first-order valence-corrected chi connectivity index (χ1v) is 8.03. The van der Waals surface area contributed by atoms with E-state index in [4.69, 9.17) is 18.0 Å². The number of sulfonamides is 1. The minimum absolute atomic E-state index is 0.262. The Morgan fingerprint density at radius 2 is 2.05 bits per heavy atom. The molecule has 0 aliphatic rings. The maximum atomic E-state index is 12.4. The summed E-state index contributed by atoms with van der Waals surface area (Å²) in [6.07, 6.45) is 1.01. The van der Waals surface area contributed by atoms with Crippen LogP contribution in [0.1, 0.15) is 30.9 Å². The number of benzene rings is 1. The zero-order valence-corrected chi connectivity index (χ0v) is 13.1. The average molecular weight is 300 g/mol. The predicted molar refractivity (Wildman–Crippen MR) is 81.7 cm³/mol. The van der Waals surface area contributed by atoms with Gasteiger partial charge in [0.15, 0.2) is 0 Å². The molecular formula is C13H20N2O2S2. The summed E-state index contributed by atoms with van der Waals surface area (Å²) in [6.45, 7) is 5.54. The minimum Gasteiger partial charge on any atom is -0.393 e. The fraction of sp³-hybridized carbons (Fsp3) is 0.462. The molecule has 0 radical (unpaired) electrons. The fourth-order valence-electron chi connectivity index (χ4n) is 1.79. The summed E-state index contributed by atoms with van der Waals surface area (Å²) >= 11 is 4.83. The Labute approximate surface area is 120 Å². The maximum absolute atomic E-state index is 12.4. The molecule has 0 saturated heterocycles. The van der Waals surface area contributed by atoms with Gasteiger partial charge in [-0.2, -0.15) is 0 Å². The van der Waals surface area contributed by atoms with E-state index in [2.05, 4.69) is 4.72 Å². The van der Waals surface area contributed by atoms with Crippen LogP contribution < -0.4 is 10.5 Å². The average Bonchev–Trinajstić information content (AvgIpc) is 2.30. The highest BCUT2D eigenvalue weighted by molar-refractivity contribution is 7.89. The predicted octanol–water partition coefficient (Wildman–Crippen LogP) is 2.04. The first kappa shape index (κ1) is 16.1. The summed E-state index contributed by atoms with van der Waals surface area (Å²) in [5.41, 5.74) is 7.11.